The van der Waals surface area contributed by atoms with Crippen LogP contribution in [0.1, 0.15) is 18.0 Å². The minimum atomic E-state index is -1.01. The summed E-state index contributed by atoms with van der Waals surface area (Å²) in [5.74, 6) is 1.46. The number of benzene rings is 1. The smallest absolute Gasteiger partial charge is 0.144 e. The van der Waals surface area contributed by atoms with Crippen molar-refractivity contribution in [2.75, 3.05) is 14.2 Å². The van der Waals surface area contributed by atoms with Gasteiger partial charge in [0.1, 0.15) is 17.7 Å². The molecular weight excluding hydrogens is 277 g/mol. The molecule has 1 aromatic carbocycles. The molecule has 5 heteroatoms. The summed E-state index contributed by atoms with van der Waals surface area (Å²) in [4.78, 5) is 4.81. The van der Waals surface area contributed by atoms with Gasteiger partial charge in [0.2, 0.25) is 0 Å². The second-order valence-electron chi connectivity index (χ2n) is 4.50. The molecule has 3 rings (SSSR count). The van der Waals surface area contributed by atoms with E-state index in [9.17, 15) is 4.39 Å². The van der Waals surface area contributed by atoms with Crippen LogP contribution in [0.5, 0.6) is 11.5 Å². The molecule has 0 aliphatic heterocycles. The highest BCUT2D eigenvalue weighted by molar-refractivity contribution is 7.19. The Labute approximate surface area is 120 Å². The topological polar surface area (TPSA) is 31.4 Å². The number of alkyl halides is 1. The summed E-state index contributed by atoms with van der Waals surface area (Å²) in [5.41, 5.74) is 0. The van der Waals surface area contributed by atoms with Crippen LogP contribution in [0.15, 0.2) is 24.5 Å². The molecule has 0 saturated carbocycles. The SMILES string of the molecule is COc1c2cnccc2c(OC)c2sc(C(C)F)cc12. The number of thiophene rings is 1. The van der Waals surface area contributed by atoms with E-state index >= 15 is 0 Å². The fourth-order valence-corrected chi connectivity index (χ4v) is 3.53. The molecule has 0 aliphatic rings. The first kappa shape index (κ1) is 13.1. The quantitative estimate of drug-likeness (QED) is 0.712. The van der Waals surface area contributed by atoms with Crippen molar-refractivity contribution in [2.45, 2.75) is 13.1 Å². The lowest BCUT2D eigenvalue weighted by Gasteiger charge is -2.11. The molecular formula is C15H14FNO2S. The zero-order valence-electron chi connectivity index (χ0n) is 11.4. The molecule has 1 unspecified atom stereocenters. The Morgan fingerprint density at radius 1 is 1.15 bits per heavy atom. The van der Waals surface area contributed by atoms with Crippen molar-refractivity contribution in [1.29, 1.82) is 0 Å². The minimum absolute atomic E-state index is 0.667. The Balaban J connectivity index is 2.51. The Bertz CT molecular complexity index is 722. The van der Waals surface area contributed by atoms with E-state index in [1.54, 1.807) is 26.6 Å². The lowest BCUT2D eigenvalue weighted by atomic mass is 10.1. The highest BCUT2D eigenvalue weighted by atomic mass is 32.1. The predicted octanol–water partition coefficient (Wildman–Crippen LogP) is 4.50. The number of fused-ring (bicyclic) bond motifs is 2. The second-order valence-corrected chi connectivity index (χ2v) is 5.58. The number of rotatable bonds is 3. The third-order valence-electron chi connectivity index (χ3n) is 3.31. The normalized spacial score (nSPS) is 12.8. The molecule has 0 radical (unpaired) electrons. The number of nitrogens with zero attached hydrogens (tertiary/aromatic N) is 1. The van der Waals surface area contributed by atoms with E-state index in [1.807, 2.05) is 12.1 Å². The van der Waals surface area contributed by atoms with Gasteiger partial charge in [-0.1, -0.05) is 0 Å². The predicted molar refractivity (Wildman–Crippen MR) is 79.8 cm³/mol. The fraction of sp³-hybridized carbons (Fsp3) is 0.267. The molecule has 1 atom stereocenters. The van der Waals surface area contributed by atoms with Crippen molar-refractivity contribution in [3.05, 3.63) is 29.4 Å². The van der Waals surface area contributed by atoms with Gasteiger partial charge in [-0.3, -0.25) is 4.98 Å². The fourth-order valence-electron chi connectivity index (χ4n) is 2.41. The molecule has 2 heterocycles. The van der Waals surface area contributed by atoms with E-state index in [-0.39, 0.29) is 0 Å². The first-order valence-electron chi connectivity index (χ1n) is 6.22. The summed E-state index contributed by atoms with van der Waals surface area (Å²) in [6.07, 6.45) is 2.44. The van der Waals surface area contributed by atoms with Crippen LogP contribution >= 0.6 is 11.3 Å². The van der Waals surface area contributed by atoms with Crippen LogP contribution < -0.4 is 9.47 Å². The van der Waals surface area contributed by atoms with E-state index in [0.717, 1.165) is 26.6 Å². The molecule has 3 aromatic rings. The van der Waals surface area contributed by atoms with Crippen molar-refractivity contribution in [2.24, 2.45) is 0 Å². The molecule has 0 saturated heterocycles. The van der Waals surface area contributed by atoms with Crippen molar-refractivity contribution in [3.8, 4) is 11.5 Å². The van der Waals surface area contributed by atoms with E-state index in [1.165, 1.54) is 18.3 Å². The maximum absolute atomic E-state index is 13.6. The zero-order chi connectivity index (χ0) is 14.3. The van der Waals surface area contributed by atoms with E-state index in [0.29, 0.717) is 10.6 Å². The summed E-state index contributed by atoms with van der Waals surface area (Å²) in [7, 11) is 3.24. The number of pyridine rings is 1. The third kappa shape index (κ3) is 1.81. The highest BCUT2D eigenvalue weighted by Gasteiger charge is 2.19. The lowest BCUT2D eigenvalue weighted by Crippen LogP contribution is -1.91. The number of halogens is 1. The molecule has 104 valence electrons. The molecule has 0 fully saturated rings. The second kappa shape index (κ2) is 4.90. The Hall–Kier alpha value is -1.88. The molecule has 2 aromatic heterocycles. The molecule has 0 bridgehead atoms. The number of hydrogen-bond donors (Lipinski definition) is 0. The van der Waals surface area contributed by atoms with Gasteiger partial charge in [-0.15, -0.1) is 11.3 Å². The van der Waals surface area contributed by atoms with E-state index in [4.69, 9.17) is 9.47 Å². The summed E-state index contributed by atoms with van der Waals surface area (Å²) in [6.45, 7) is 1.53. The Morgan fingerprint density at radius 2 is 1.90 bits per heavy atom. The molecule has 0 spiro atoms. The minimum Gasteiger partial charge on any atom is -0.495 e. The Morgan fingerprint density at radius 3 is 2.55 bits per heavy atom. The number of ether oxygens (including phenoxy) is 2. The molecule has 0 amide bonds. The first-order valence-corrected chi connectivity index (χ1v) is 7.04. The van der Waals surface area contributed by atoms with Crippen molar-refractivity contribution < 1.29 is 13.9 Å². The molecule has 0 aliphatic carbocycles. The maximum Gasteiger partial charge on any atom is 0.144 e. The monoisotopic (exact) mass is 291 g/mol. The lowest BCUT2D eigenvalue weighted by molar-refractivity contribution is 0.380. The number of methoxy groups -OCH3 is 2. The van der Waals surface area contributed by atoms with Gasteiger partial charge in [0.15, 0.2) is 0 Å². The van der Waals surface area contributed by atoms with Crippen LogP contribution in [0.25, 0.3) is 20.9 Å². The summed E-state index contributed by atoms with van der Waals surface area (Å²) < 4.78 is 25.6. The molecule has 20 heavy (non-hydrogen) atoms. The van der Waals surface area contributed by atoms with Crippen molar-refractivity contribution in [1.82, 2.24) is 4.98 Å². The average molecular weight is 291 g/mol. The Kier molecular flexibility index (Phi) is 3.22. The van der Waals surface area contributed by atoms with Gasteiger partial charge in [-0.25, -0.2) is 4.39 Å². The van der Waals surface area contributed by atoms with Gasteiger partial charge in [0.25, 0.3) is 0 Å². The number of aromatic nitrogens is 1. The van der Waals surface area contributed by atoms with Gasteiger partial charge < -0.3 is 9.47 Å². The average Bonchev–Trinajstić information content (AvgIpc) is 2.89. The molecule has 3 nitrogen and oxygen atoms in total. The largest absolute Gasteiger partial charge is 0.495 e. The van der Waals surface area contributed by atoms with Gasteiger partial charge in [0, 0.05) is 33.4 Å². The van der Waals surface area contributed by atoms with Crippen LogP contribution in [0.3, 0.4) is 0 Å². The number of hydrogen-bond acceptors (Lipinski definition) is 4. The van der Waals surface area contributed by atoms with Gasteiger partial charge in [0.05, 0.1) is 18.9 Å². The van der Waals surface area contributed by atoms with Crippen LogP contribution in [0, 0.1) is 0 Å². The first-order chi connectivity index (χ1) is 9.67. The summed E-state index contributed by atoms with van der Waals surface area (Å²) >= 11 is 1.40. The van der Waals surface area contributed by atoms with Crippen LogP contribution in [-0.2, 0) is 0 Å². The molecule has 0 N–H and O–H groups in total. The van der Waals surface area contributed by atoms with Crippen molar-refractivity contribution >= 4 is 32.2 Å². The van der Waals surface area contributed by atoms with Crippen molar-refractivity contribution in [3.63, 3.8) is 0 Å². The highest BCUT2D eigenvalue weighted by Crippen LogP contribution is 2.47. The van der Waals surface area contributed by atoms with Crippen LogP contribution in [0.4, 0.5) is 4.39 Å². The van der Waals surface area contributed by atoms with Gasteiger partial charge in [-0.05, 0) is 19.1 Å². The maximum atomic E-state index is 13.6. The van der Waals surface area contributed by atoms with Gasteiger partial charge >= 0.3 is 0 Å². The summed E-state index contributed by atoms with van der Waals surface area (Å²) in [6, 6.07) is 3.72. The van der Waals surface area contributed by atoms with E-state index < -0.39 is 6.17 Å². The third-order valence-corrected chi connectivity index (χ3v) is 4.60. The standard InChI is InChI=1S/C15H14FNO2S/c1-8(16)12-6-10-13(18-2)11-7-17-5-4-9(11)14(19-3)15(10)20-12/h4-8H,1-3H3. The van der Waals surface area contributed by atoms with Crippen LogP contribution in [0.2, 0.25) is 0 Å². The van der Waals surface area contributed by atoms with Gasteiger partial charge in [-0.2, -0.15) is 0 Å². The van der Waals surface area contributed by atoms with Crippen LogP contribution in [-0.4, -0.2) is 19.2 Å². The van der Waals surface area contributed by atoms with E-state index in [2.05, 4.69) is 4.98 Å². The summed E-state index contributed by atoms with van der Waals surface area (Å²) in [5, 5.41) is 2.66. The zero-order valence-corrected chi connectivity index (χ0v) is 12.3.